The average Bonchev–Trinajstić information content (AvgIpc) is 3.16. The highest BCUT2D eigenvalue weighted by atomic mass is 35.5. The summed E-state index contributed by atoms with van der Waals surface area (Å²) in [4.78, 5) is -0.0351. The van der Waals surface area contributed by atoms with Gasteiger partial charge in [-0.05, 0) is 54.6 Å². The maximum absolute atomic E-state index is 13.4. The molecule has 0 unspecified atom stereocenters. The van der Waals surface area contributed by atoms with E-state index in [9.17, 15) is 12.8 Å². The maximum atomic E-state index is 13.4. The van der Waals surface area contributed by atoms with Crippen LogP contribution in [0.25, 0.3) is 0 Å². The molecule has 2 aromatic carbocycles. The van der Waals surface area contributed by atoms with Crippen LogP contribution in [-0.2, 0) is 10.0 Å². The van der Waals surface area contributed by atoms with Crippen LogP contribution in [0, 0.1) is 24.6 Å². The van der Waals surface area contributed by atoms with Crippen molar-refractivity contribution < 1.29 is 12.8 Å². The summed E-state index contributed by atoms with van der Waals surface area (Å²) in [5, 5.41) is 3.30. The van der Waals surface area contributed by atoms with Crippen molar-refractivity contribution >= 4 is 34.0 Å². The lowest BCUT2D eigenvalue weighted by Gasteiger charge is -2.29. The van der Waals surface area contributed by atoms with Crippen LogP contribution in [0.5, 0.6) is 0 Å². The molecule has 0 amide bonds. The van der Waals surface area contributed by atoms with Gasteiger partial charge < -0.3 is 5.32 Å². The average molecular weight is 431 g/mol. The van der Waals surface area contributed by atoms with Crippen molar-refractivity contribution in [2.75, 3.05) is 19.6 Å². The molecule has 2 saturated heterocycles. The minimum Gasteiger partial charge on any atom is -0.316 e. The summed E-state index contributed by atoms with van der Waals surface area (Å²) in [6, 6.07) is 11.1. The molecule has 1 N–H and O–H groups in total. The third kappa shape index (κ3) is 3.49. The molecule has 0 radical (unpaired) electrons. The molecular weight excluding hydrogens is 410 g/mol. The molecular formula is C19H21Cl2FN2O2S. The van der Waals surface area contributed by atoms with E-state index >= 15 is 0 Å². The van der Waals surface area contributed by atoms with E-state index in [1.165, 1.54) is 6.07 Å². The smallest absolute Gasteiger partial charge is 0.245 e. The Bertz CT molecular complexity index is 954. The van der Waals surface area contributed by atoms with Crippen molar-refractivity contribution in [3.8, 4) is 0 Å². The maximum Gasteiger partial charge on any atom is 0.245 e. The molecule has 2 aromatic rings. The first-order valence-electron chi connectivity index (χ1n) is 8.63. The highest BCUT2D eigenvalue weighted by molar-refractivity contribution is 7.89. The number of sulfonamides is 1. The molecule has 2 heterocycles. The Morgan fingerprint density at radius 1 is 1.19 bits per heavy atom. The molecule has 146 valence electrons. The fourth-order valence-corrected chi connectivity index (χ4v) is 6.46. The van der Waals surface area contributed by atoms with Gasteiger partial charge in [-0.15, -0.1) is 12.4 Å². The molecule has 0 aliphatic carbocycles. The van der Waals surface area contributed by atoms with Crippen LogP contribution in [0.2, 0.25) is 5.02 Å². The molecule has 2 fully saturated rings. The van der Waals surface area contributed by atoms with Crippen molar-refractivity contribution in [2.24, 2.45) is 11.8 Å². The number of aryl methyl sites for hydroxylation is 1. The van der Waals surface area contributed by atoms with Gasteiger partial charge in [-0.25, -0.2) is 12.8 Å². The molecule has 0 aromatic heterocycles. The van der Waals surface area contributed by atoms with E-state index in [1.54, 1.807) is 4.31 Å². The number of halogens is 3. The highest BCUT2D eigenvalue weighted by Gasteiger charge is 2.50. The van der Waals surface area contributed by atoms with Gasteiger partial charge in [0.1, 0.15) is 10.7 Å². The number of hydrogen-bond acceptors (Lipinski definition) is 3. The number of benzene rings is 2. The highest BCUT2D eigenvalue weighted by Crippen LogP contribution is 2.46. The van der Waals surface area contributed by atoms with Gasteiger partial charge in [-0.1, -0.05) is 35.9 Å². The third-order valence-corrected chi connectivity index (χ3v) is 7.84. The molecule has 0 bridgehead atoms. The van der Waals surface area contributed by atoms with E-state index in [4.69, 9.17) is 11.6 Å². The molecule has 4 nitrogen and oxygen atoms in total. The second-order valence-electron chi connectivity index (χ2n) is 7.03. The van der Waals surface area contributed by atoms with Gasteiger partial charge in [-0.2, -0.15) is 4.31 Å². The topological polar surface area (TPSA) is 49.4 Å². The van der Waals surface area contributed by atoms with Crippen LogP contribution in [0.4, 0.5) is 4.39 Å². The van der Waals surface area contributed by atoms with Crippen molar-refractivity contribution in [3.63, 3.8) is 0 Å². The standard InChI is InChI=1S/C19H20ClFN2O2S.ClH/c1-12-4-2-3-5-15(12)19-16-10-22-9-13(16)11-23(19)26(24,25)18-7-6-14(21)8-17(18)20;/h2-8,13,16,19,22H,9-11H2,1H3;1H/t13-,16-,19-;/m0./s1. The van der Waals surface area contributed by atoms with Gasteiger partial charge in [-0.3, -0.25) is 0 Å². The minimum atomic E-state index is -3.84. The van der Waals surface area contributed by atoms with Gasteiger partial charge in [0.15, 0.2) is 0 Å². The van der Waals surface area contributed by atoms with Crippen LogP contribution in [0.1, 0.15) is 17.2 Å². The Balaban J connectivity index is 0.00000210. The number of nitrogens with zero attached hydrogens (tertiary/aromatic N) is 1. The second kappa shape index (κ2) is 7.68. The molecule has 0 saturated carbocycles. The summed E-state index contributed by atoms with van der Waals surface area (Å²) in [5.41, 5.74) is 2.08. The second-order valence-corrected chi connectivity index (χ2v) is 9.30. The fraction of sp³-hybridized carbons (Fsp3) is 0.368. The zero-order valence-corrected chi connectivity index (χ0v) is 17.1. The molecule has 0 spiro atoms. The van der Waals surface area contributed by atoms with Gasteiger partial charge >= 0.3 is 0 Å². The van der Waals surface area contributed by atoms with E-state index in [-0.39, 0.29) is 40.2 Å². The van der Waals surface area contributed by atoms with E-state index in [0.717, 1.165) is 36.3 Å². The van der Waals surface area contributed by atoms with Crippen LogP contribution in [-0.4, -0.2) is 32.4 Å². The van der Waals surface area contributed by atoms with Crippen LogP contribution >= 0.6 is 24.0 Å². The normalized spacial score (nSPS) is 25.2. The SMILES string of the molecule is Cc1ccccc1[C@H]1[C@H]2CNC[C@H]2CN1S(=O)(=O)c1ccc(F)cc1Cl.Cl. The Morgan fingerprint density at radius 3 is 2.63 bits per heavy atom. The van der Waals surface area contributed by atoms with E-state index in [2.05, 4.69) is 5.32 Å². The molecule has 2 aliphatic rings. The Labute approximate surface area is 170 Å². The lowest BCUT2D eigenvalue weighted by molar-refractivity contribution is 0.344. The molecule has 27 heavy (non-hydrogen) atoms. The predicted molar refractivity (Wildman–Crippen MR) is 106 cm³/mol. The zero-order valence-electron chi connectivity index (χ0n) is 14.7. The van der Waals surface area contributed by atoms with Gasteiger partial charge in [0.2, 0.25) is 10.0 Å². The summed E-state index contributed by atoms with van der Waals surface area (Å²) in [6.07, 6.45) is 0. The van der Waals surface area contributed by atoms with Gasteiger partial charge in [0.25, 0.3) is 0 Å². The van der Waals surface area contributed by atoms with Crippen molar-refractivity contribution in [1.29, 1.82) is 0 Å². The Hall–Kier alpha value is -1.18. The molecule has 8 heteroatoms. The lowest BCUT2D eigenvalue weighted by Crippen LogP contribution is -2.35. The summed E-state index contributed by atoms with van der Waals surface area (Å²) < 4.78 is 41.7. The molecule has 2 aliphatic heterocycles. The van der Waals surface area contributed by atoms with Crippen LogP contribution in [0.15, 0.2) is 47.4 Å². The first kappa shape index (κ1) is 20.6. The number of fused-ring (bicyclic) bond motifs is 1. The largest absolute Gasteiger partial charge is 0.316 e. The summed E-state index contributed by atoms with van der Waals surface area (Å²) in [6.45, 7) is 4.02. The number of hydrogen-bond donors (Lipinski definition) is 1. The zero-order chi connectivity index (χ0) is 18.5. The van der Waals surface area contributed by atoms with E-state index in [0.29, 0.717) is 6.54 Å². The summed E-state index contributed by atoms with van der Waals surface area (Å²) in [7, 11) is -3.84. The number of rotatable bonds is 3. The first-order valence-corrected chi connectivity index (χ1v) is 10.4. The van der Waals surface area contributed by atoms with Crippen molar-refractivity contribution in [3.05, 3.63) is 64.4 Å². The van der Waals surface area contributed by atoms with Crippen LogP contribution in [0.3, 0.4) is 0 Å². The van der Waals surface area contributed by atoms with Crippen molar-refractivity contribution in [2.45, 2.75) is 17.9 Å². The number of nitrogens with one attached hydrogen (secondary N) is 1. The van der Waals surface area contributed by atoms with Crippen LogP contribution < -0.4 is 5.32 Å². The minimum absolute atomic E-state index is 0. The van der Waals surface area contributed by atoms with E-state index < -0.39 is 15.8 Å². The van der Waals surface area contributed by atoms with Gasteiger partial charge in [0.05, 0.1) is 11.1 Å². The van der Waals surface area contributed by atoms with Crippen molar-refractivity contribution in [1.82, 2.24) is 9.62 Å². The van der Waals surface area contributed by atoms with E-state index in [1.807, 2.05) is 31.2 Å². The Morgan fingerprint density at radius 2 is 1.93 bits per heavy atom. The first-order chi connectivity index (χ1) is 12.4. The summed E-state index contributed by atoms with van der Waals surface area (Å²) in [5.74, 6) is -0.0781. The Kier molecular flexibility index (Phi) is 5.85. The predicted octanol–water partition coefficient (Wildman–Crippen LogP) is 3.79. The molecule has 3 atom stereocenters. The van der Waals surface area contributed by atoms with Gasteiger partial charge in [0, 0.05) is 13.1 Å². The molecule has 4 rings (SSSR count). The summed E-state index contributed by atoms with van der Waals surface area (Å²) >= 11 is 6.08. The third-order valence-electron chi connectivity index (χ3n) is 5.51. The quantitative estimate of drug-likeness (QED) is 0.805. The monoisotopic (exact) mass is 430 g/mol. The lowest BCUT2D eigenvalue weighted by atomic mass is 9.88. The fourth-order valence-electron chi connectivity index (χ4n) is 4.24.